The summed E-state index contributed by atoms with van der Waals surface area (Å²) in [5, 5.41) is 0. The summed E-state index contributed by atoms with van der Waals surface area (Å²) >= 11 is 0. The maximum absolute atomic E-state index is 5.83. The van der Waals surface area contributed by atoms with E-state index in [4.69, 9.17) is 10.5 Å². The van der Waals surface area contributed by atoms with Crippen molar-refractivity contribution in [1.82, 2.24) is 0 Å². The second kappa shape index (κ2) is 4.01. The van der Waals surface area contributed by atoms with Crippen LogP contribution in [0.2, 0.25) is 0 Å². The van der Waals surface area contributed by atoms with Gasteiger partial charge in [-0.15, -0.1) is 0 Å². The van der Waals surface area contributed by atoms with Crippen LogP contribution in [0.5, 0.6) is 5.75 Å². The van der Waals surface area contributed by atoms with Crippen LogP contribution < -0.4 is 15.4 Å². The van der Waals surface area contributed by atoms with Crippen molar-refractivity contribution >= 4 is 11.4 Å². The Hall–Kier alpha value is -1.38. The molecule has 1 fully saturated rings. The molecule has 1 aromatic carbocycles. The van der Waals surface area contributed by atoms with Crippen molar-refractivity contribution in [2.45, 2.75) is 25.3 Å². The maximum Gasteiger partial charge on any atom is 0.122 e. The smallest absolute Gasteiger partial charge is 0.122 e. The van der Waals surface area contributed by atoms with Gasteiger partial charge in [-0.25, -0.2) is 0 Å². The number of hydrogen-bond acceptors (Lipinski definition) is 3. The Balaban J connectivity index is 2.22. The van der Waals surface area contributed by atoms with Crippen molar-refractivity contribution in [3.63, 3.8) is 0 Å². The lowest BCUT2D eigenvalue weighted by Crippen LogP contribution is -2.37. The summed E-state index contributed by atoms with van der Waals surface area (Å²) in [6.45, 7) is 0. The second-order valence-corrected chi connectivity index (χ2v) is 4.16. The Morgan fingerprint density at radius 2 is 2.07 bits per heavy atom. The maximum atomic E-state index is 5.83. The van der Waals surface area contributed by atoms with Crippen molar-refractivity contribution < 1.29 is 4.74 Å². The lowest BCUT2D eigenvalue weighted by molar-refractivity contribution is 0.398. The molecule has 0 bridgehead atoms. The van der Waals surface area contributed by atoms with E-state index in [0.717, 1.165) is 17.1 Å². The quantitative estimate of drug-likeness (QED) is 0.771. The minimum Gasteiger partial charge on any atom is -0.497 e. The van der Waals surface area contributed by atoms with Crippen LogP contribution in [0.3, 0.4) is 0 Å². The highest BCUT2D eigenvalue weighted by Crippen LogP contribution is 2.31. The van der Waals surface area contributed by atoms with Crippen molar-refractivity contribution in [2.75, 3.05) is 24.8 Å². The summed E-state index contributed by atoms with van der Waals surface area (Å²) in [4.78, 5) is 2.29. The molecule has 82 valence electrons. The van der Waals surface area contributed by atoms with Gasteiger partial charge in [-0.3, -0.25) is 0 Å². The van der Waals surface area contributed by atoms with Gasteiger partial charge in [-0.05, 0) is 25.3 Å². The molecular weight excluding hydrogens is 188 g/mol. The number of anilines is 2. The van der Waals surface area contributed by atoms with Crippen LogP contribution in [0.25, 0.3) is 0 Å². The third-order valence-corrected chi connectivity index (χ3v) is 3.18. The molecule has 0 amide bonds. The van der Waals surface area contributed by atoms with Crippen LogP contribution in [0.1, 0.15) is 19.3 Å². The lowest BCUT2D eigenvalue weighted by Gasteiger charge is -2.36. The molecule has 0 spiro atoms. The highest BCUT2D eigenvalue weighted by Gasteiger charge is 2.22. The number of rotatable bonds is 3. The molecule has 1 aliphatic rings. The van der Waals surface area contributed by atoms with Gasteiger partial charge < -0.3 is 15.4 Å². The first-order valence-electron chi connectivity index (χ1n) is 5.38. The number of ether oxygens (including phenoxy) is 1. The first-order chi connectivity index (χ1) is 7.20. The second-order valence-electron chi connectivity index (χ2n) is 4.16. The number of benzene rings is 1. The van der Waals surface area contributed by atoms with Crippen molar-refractivity contribution in [3.05, 3.63) is 18.2 Å². The fraction of sp³-hybridized carbons (Fsp3) is 0.500. The minimum absolute atomic E-state index is 0.677. The summed E-state index contributed by atoms with van der Waals surface area (Å²) in [5.41, 5.74) is 7.74. The van der Waals surface area contributed by atoms with Gasteiger partial charge in [0.25, 0.3) is 0 Å². The van der Waals surface area contributed by atoms with Crippen LogP contribution in [-0.2, 0) is 0 Å². The predicted octanol–water partition coefficient (Wildman–Crippen LogP) is 2.27. The van der Waals surface area contributed by atoms with Crippen LogP contribution in [0.4, 0.5) is 11.4 Å². The average Bonchev–Trinajstić information content (AvgIpc) is 2.14. The van der Waals surface area contributed by atoms with E-state index in [1.54, 1.807) is 7.11 Å². The summed E-state index contributed by atoms with van der Waals surface area (Å²) in [5.74, 6) is 0.830. The summed E-state index contributed by atoms with van der Waals surface area (Å²) in [7, 11) is 3.79. The van der Waals surface area contributed by atoms with Gasteiger partial charge in [-0.2, -0.15) is 0 Å². The number of hydrogen-bond donors (Lipinski definition) is 1. The SMILES string of the molecule is COc1cc(N)cc(N(C)C2CCC2)c1. The molecular formula is C12H18N2O. The minimum atomic E-state index is 0.677. The first-order valence-corrected chi connectivity index (χ1v) is 5.38. The zero-order valence-corrected chi connectivity index (χ0v) is 9.36. The van der Waals surface area contributed by atoms with Gasteiger partial charge in [0.15, 0.2) is 0 Å². The Bertz CT molecular complexity index is 347. The molecule has 0 aliphatic heterocycles. The summed E-state index contributed by atoms with van der Waals surface area (Å²) < 4.78 is 5.21. The monoisotopic (exact) mass is 206 g/mol. The molecule has 3 heteroatoms. The molecule has 2 N–H and O–H groups in total. The number of nitrogen functional groups attached to an aromatic ring is 1. The molecule has 15 heavy (non-hydrogen) atoms. The van der Waals surface area contributed by atoms with E-state index in [-0.39, 0.29) is 0 Å². The van der Waals surface area contributed by atoms with Crippen molar-refractivity contribution in [1.29, 1.82) is 0 Å². The zero-order chi connectivity index (χ0) is 10.8. The topological polar surface area (TPSA) is 38.5 Å². The van der Waals surface area contributed by atoms with Crippen LogP contribution >= 0.6 is 0 Å². The Morgan fingerprint density at radius 3 is 2.60 bits per heavy atom. The van der Waals surface area contributed by atoms with E-state index in [9.17, 15) is 0 Å². The molecule has 0 aromatic heterocycles. The fourth-order valence-corrected chi connectivity index (χ4v) is 1.91. The first kappa shape index (κ1) is 10.1. The van der Waals surface area contributed by atoms with Crippen LogP contribution in [-0.4, -0.2) is 20.2 Å². The third-order valence-electron chi connectivity index (χ3n) is 3.18. The largest absolute Gasteiger partial charge is 0.497 e. The molecule has 3 nitrogen and oxygen atoms in total. The van der Waals surface area contributed by atoms with E-state index in [1.165, 1.54) is 19.3 Å². The number of methoxy groups -OCH3 is 1. The van der Waals surface area contributed by atoms with E-state index in [2.05, 4.69) is 11.9 Å². The van der Waals surface area contributed by atoms with E-state index in [1.807, 2.05) is 18.2 Å². The lowest BCUT2D eigenvalue weighted by atomic mass is 9.91. The van der Waals surface area contributed by atoms with Gasteiger partial charge >= 0.3 is 0 Å². The number of nitrogens with two attached hydrogens (primary N) is 1. The summed E-state index contributed by atoms with van der Waals surface area (Å²) in [6.07, 6.45) is 3.91. The highest BCUT2D eigenvalue weighted by atomic mass is 16.5. The van der Waals surface area contributed by atoms with Gasteiger partial charge in [0.05, 0.1) is 7.11 Å². The molecule has 1 aliphatic carbocycles. The van der Waals surface area contributed by atoms with Gasteiger partial charge in [0, 0.05) is 36.6 Å². The molecule has 1 saturated carbocycles. The van der Waals surface area contributed by atoms with Gasteiger partial charge in [0.2, 0.25) is 0 Å². The third kappa shape index (κ3) is 2.01. The standard InChI is InChI=1S/C12H18N2O/c1-14(10-4-3-5-10)11-6-9(13)7-12(8-11)15-2/h6-8,10H,3-5,13H2,1-2H3. The molecule has 0 atom stereocenters. The van der Waals surface area contributed by atoms with Crippen molar-refractivity contribution in [2.24, 2.45) is 0 Å². The van der Waals surface area contributed by atoms with Gasteiger partial charge in [0.1, 0.15) is 5.75 Å². The molecule has 2 rings (SSSR count). The highest BCUT2D eigenvalue weighted by molar-refractivity contribution is 5.60. The number of nitrogens with zero attached hydrogens (tertiary/aromatic N) is 1. The zero-order valence-electron chi connectivity index (χ0n) is 9.36. The van der Waals surface area contributed by atoms with Gasteiger partial charge in [-0.1, -0.05) is 0 Å². The fourth-order valence-electron chi connectivity index (χ4n) is 1.91. The van der Waals surface area contributed by atoms with E-state index >= 15 is 0 Å². The molecule has 1 aromatic rings. The predicted molar refractivity (Wildman–Crippen MR) is 63.4 cm³/mol. The normalized spacial score (nSPS) is 15.9. The van der Waals surface area contributed by atoms with E-state index in [0.29, 0.717) is 6.04 Å². The average molecular weight is 206 g/mol. The molecule has 0 unspecified atom stereocenters. The molecule has 0 saturated heterocycles. The van der Waals surface area contributed by atoms with Crippen LogP contribution in [0.15, 0.2) is 18.2 Å². The Morgan fingerprint density at radius 1 is 1.33 bits per heavy atom. The molecule has 0 radical (unpaired) electrons. The summed E-state index contributed by atoms with van der Waals surface area (Å²) in [6, 6.07) is 6.56. The molecule has 0 heterocycles. The van der Waals surface area contributed by atoms with E-state index < -0.39 is 0 Å². The van der Waals surface area contributed by atoms with Crippen molar-refractivity contribution in [3.8, 4) is 5.75 Å². The van der Waals surface area contributed by atoms with Crippen LogP contribution in [0, 0.1) is 0 Å². The Labute approximate surface area is 90.8 Å². The Kier molecular flexibility index (Phi) is 2.71.